The Labute approximate surface area is 139 Å². The van der Waals surface area contributed by atoms with Crippen LogP contribution in [0.5, 0.6) is 0 Å². The van der Waals surface area contributed by atoms with Crippen molar-refractivity contribution in [3.05, 3.63) is 84.4 Å². The average molecular weight is 317 g/mol. The molecule has 118 valence electrons. The quantitative estimate of drug-likeness (QED) is 0.613. The van der Waals surface area contributed by atoms with Gasteiger partial charge < -0.3 is 5.73 Å². The number of imidazole rings is 1. The molecule has 24 heavy (non-hydrogen) atoms. The fraction of sp³-hybridized carbons (Fsp3) is 0.0500. The first-order valence-corrected chi connectivity index (χ1v) is 7.77. The fourth-order valence-corrected chi connectivity index (χ4v) is 2.87. The summed E-state index contributed by atoms with van der Waals surface area (Å²) in [5, 5.41) is 0. The van der Waals surface area contributed by atoms with Gasteiger partial charge in [-0.1, -0.05) is 30.3 Å². The number of benzene rings is 2. The van der Waals surface area contributed by atoms with Crippen LogP contribution in [0.4, 0.5) is 4.39 Å². The van der Waals surface area contributed by atoms with Crippen LogP contribution < -0.4 is 5.73 Å². The Balaban J connectivity index is 1.79. The highest BCUT2D eigenvalue weighted by Crippen LogP contribution is 2.25. The Hall–Kier alpha value is -2.98. The third-order valence-electron chi connectivity index (χ3n) is 4.15. The van der Waals surface area contributed by atoms with Gasteiger partial charge in [0.15, 0.2) is 0 Å². The minimum absolute atomic E-state index is 0.234. The van der Waals surface area contributed by atoms with Gasteiger partial charge in [0.1, 0.15) is 11.5 Å². The first kappa shape index (κ1) is 14.6. The highest BCUT2D eigenvalue weighted by atomic mass is 19.1. The fourth-order valence-electron chi connectivity index (χ4n) is 2.87. The molecule has 0 spiro atoms. The van der Waals surface area contributed by atoms with Crippen molar-refractivity contribution in [2.24, 2.45) is 5.73 Å². The van der Waals surface area contributed by atoms with E-state index in [4.69, 9.17) is 5.73 Å². The summed E-state index contributed by atoms with van der Waals surface area (Å²) in [5.74, 6) is -0.234. The summed E-state index contributed by atoms with van der Waals surface area (Å²) in [6.45, 7) is 0.513. The Bertz CT molecular complexity index is 1000. The smallest absolute Gasteiger partial charge is 0.137 e. The van der Waals surface area contributed by atoms with Gasteiger partial charge in [-0.15, -0.1) is 0 Å². The SMILES string of the molecule is NCc1cccc(-c2cnc3cc(-c4ccc(F)cc4)ccn23)c1. The second kappa shape index (κ2) is 5.91. The first-order valence-electron chi connectivity index (χ1n) is 7.77. The second-order valence-electron chi connectivity index (χ2n) is 5.70. The number of halogens is 1. The normalized spacial score (nSPS) is 11.1. The van der Waals surface area contributed by atoms with Crippen molar-refractivity contribution in [3.8, 4) is 22.4 Å². The zero-order valence-electron chi connectivity index (χ0n) is 13.0. The number of hydrogen-bond donors (Lipinski definition) is 1. The second-order valence-corrected chi connectivity index (χ2v) is 5.70. The molecule has 4 aromatic rings. The summed E-state index contributed by atoms with van der Waals surface area (Å²) in [6, 6.07) is 18.6. The van der Waals surface area contributed by atoms with Crippen molar-refractivity contribution in [2.75, 3.05) is 0 Å². The maximum absolute atomic E-state index is 13.1. The van der Waals surface area contributed by atoms with E-state index in [2.05, 4.69) is 17.1 Å². The number of rotatable bonds is 3. The lowest BCUT2D eigenvalue weighted by molar-refractivity contribution is 0.628. The van der Waals surface area contributed by atoms with Crippen LogP contribution in [0.25, 0.3) is 28.0 Å². The lowest BCUT2D eigenvalue weighted by Crippen LogP contribution is -1.96. The molecule has 2 N–H and O–H groups in total. The molecule has 0 saturated heterocycles. The van der Waals surface area contributed by atoms with Crippen LogP contribution in [-0.2, 0) is 6.54 Å². The summed E-state index contributed by atoms with van der Waals surface area (Å²) in [4.78, 5) is 4.51. The Morgan fingerprint density at radius 2 is 1.75 bits per heavy atom. The van der Waals surface area contributed by atoms with E-state index in [9.17, 15) is 4.39 Å². The van der Waals surface area contributed by atoms with Crippen LogP contribution in [-0.4, -0.2) is 9.38 Å². The van der Waals surface area contributed by atoms with E-state index >= 15 is 0 Å². The van der Waals surface area contributed by atoms with Gasteiger partial charge >= 0.3 is 0 Å². The predicted octanol–water partition coefficient (Wildman–Crippen LogP) is 4.27. The van der Waals surface area contributed by atoms with Crippen molar-refractivity contribution in [2.45, 2.75) is 6.54 Å². The summed E-state index contributed by atoms with van der Waals surface area (Å²) in [6.07, 6.45) is 3.85. The highest BCUT2D eigenvalue weighted by Gasteiger charge is 2.08. The van der Waals surface area contributed by atoms with E-state index in [1.807, 2.05) is 41.1 Å². The minimum Gasteiger partial charge on any atom is -0.326 e. The first-order chi connectivity index (χ1) is 11.7. The topological polar surface area (TPSA) is 43.3 Å². The van der Waals surface area contributed by atoms with Gasteiger partial charge in [0.05, 0.1) is 11.9 Å². The lowest BCUT2D eigenvalue weighted by Gasteiger charge is -2.06. The molecule has 0 amide bonds. The molecule has 0 aliphatic carbocycles. The van der Waals surface area contributed by atoms with Crippen molar-refractivity contribution >= 4 is 5.65 Å². The van der Waals surface area contributed by atoms with Crippen molar-refractivity contribution in [1.82, 2.24) is 9.38 Å². The molecule has 0 saturated carbocycles. The van der Waals surface area contributed by atoms with Crippen molar-refractivity contribution < 1.29 is 4.39 Å². The van der Waals surface area contributed by atoms with Gasteiger partial charge in [-0.25, -0.2) is 9.37 Å². The Morgan fingerprint density at radius 3 is 2.54 bits per heavy atom. The van der Waals surface area contributed by atoms with Gasteiger partial charge in [0.25, 0.3) is 0 Å². The van der Waals surface area contributed by atoms with Crippen LogP contribution in [0.15, 0.2) is 73.1 Å². The molecular weight excluding hydrogens is 301 g/mol. The molecule has 2 aromatic carbocycles. The molecule has 2 heterocycles. The third kappa shape index (κ3) is 2.57. The standard InChI is InChI=1S/C20H16FN3/c21-18-6-4-15(5-7-18)16-8-9-24-19(13-23-20(24)11-16)17-3-1-2-14(10-17)12-22/h1-11,13H,12,22H2. The molecule has 3 nitrogen and oxygen atoms in total. The van der Waals surface area contributed by atoms with Gasteiger partial charge in [0, 0.05) is 18.3 Å². The highest BCUT2D eigenvalue weighted by molar-refractivity contribution is 5.71. The number of pyridine rings is 1. The van der Waals surface area contributed by atoms with E-state index in [0.717, 1.165) is 33.6 Å². The molecule has 0 radical (unpaired) electrons. The maximum Gasteiger partial charge on any atom is 0.137 e. The van der Waals surface area contributed by atoms with E-state index in [-0.39, 0.29) is 5.82 Å². The van der Waals surface area contributed by atoms with Crippen LogP contribution in [0, 0.1) is 5.82 Å². The minimum atomic E-state index is -0.234. The van der Waals surface area contributed by atoms with Crippen molar-refractivity contribution in [3.63, 3.8) is 0 Å². The largest absolute Gasteiger partial charge is 0.326 e. The van der Waals surface area contributed by atoms with E-state index in [1.165, 1.54) is 12.1 Å². The summed E-state index contributed by atoms with van der Waals surface area (Å²) in [5.41, 5.74) is 11.7. The monoisotopic (exact) mass is 317 g/mol. The number of nitrogens with two attached hydrogens (primary N) is 1. The molecule has 0 unspecified atom stereocenters. The number of hydrogen-bond acceptors (Lipinski definition) is 2. The average Bonchev–Trinajstić information content (AvgIpc) is 3.05. The summed E-state index contributed by atoms with van der Waals surface area (Å²) < 4.78 is 15.1. The molecule has 2 aromatic heterocycles. The molecule has 0 atom stereocenters. The van der Waals surface area contributed by atoms with Crippen LogP contribution in [0.3, 0.4) is 0 Å². The van der Waals surface area contributed by atoms with Gasteiger partial charge in [-0.05, 0) is 47.0 Å². The molecule has 0 fully saturated rings. The third-order valence-corrected chi connectivity index (χ3v) is 4.15. The molecular formula is C20H16FN3. The Morgan fingerprint density at radius 1 is 0.917 bits per heavy atom. The van der Waals surface area contributed by atoms with Crippen LogP contribution >= 0.6 is 0 Å². The molecule has 0 aliphatic rings. The van der Waals surface area contributed by atoms with Crippen LogP contribution in [0.1, 0.15) is 5.56 Å². The maximum atomic E-state index is 13.1. The zero-order valence-corrected chi connectivity index (χ0v) is 13.0. The van der Waals surface area contributed by atoms with E-state index < -0.39 is 0 Å². The van der Waals surface area contributed by atoms with Gasteiger partial charge in [0.2, 0.25) is 0 Å². The van der Waals surface area contributed by atoms with E-state index in [0.29, 0.717) is 6.54 Å². The Kier molecular flexibility index (Phi) is 3.59. The molecule has 0 bridgehead atoms. The lowest BCUT2D eigenvalue weighted by atomic mass is 10.1. The summed E-state index contributed by atoms with van der Waals surface area (Å²) >= 11 is 0. The van der Waals surface area contributed by atoms with Crippen LogP contribution in [0.2, 0.25) is 0 Å². The van der Waals surface area contributed by atoms with Gasteiger partial charge in [-0.2, -0.15) is 0 Å². The predicted molar refractivity (Wildman–Crippen MR) is 93.9 cm³/mol. The van der Waals surface area contributed by atoms with E-state index in [1.54, 1.807) is 12.1 Å². The van der Waals surface area contributed by atoms with Crippen molar-refractivity contribution in [1.29, 1.82) is 0 Å². The summed E-state index contributed by atoms with van der Waals surface area (Å²) in [7, 11) is 0. The number of aromatic nitrogens is 2. The molecule has 0 aliphatic heterocycles. The number of fused-ring (bicyclic) bond motifs is 1. The zero-order chi connectivity index (χ0) is 16.5. The number of nitrogens with zero attached hydrogens (tertiary/aromatic N) is 2. The van der Waals surface area contributed by atoms with Gasteiger partial charge in [-0.3, -0.25) is 4.40 Å². The molecule has 4 heteroatoms. The molecule has 4 rings (SSSR count).